The van der Waals surface area contributed by atoms with Crippen LogP contribution in [-0.4, -0.2) is 11.2 Å². The maximum atomic E-state index is 4.93. The van der Waals surface area contributed by atoms with Gasteiger partial charge < -0.3 is 0 Å². The monoisotopic (exact) mass is 562 g/mol. The van der Waals surface area contributed by atoms with E-state index >= 15 is 0 Å². The van der Waals surface area contributed by atoms with E-state index in [9.17, 15) is 0 Å². The predicted octanol–water partition coefficient (Wildman–Crippen LogP) is 14.1. The molecule has 0 rings (SSSR count). The van der Waals surface area contributed by atoms with Crippen LogP contribution in [0.25, 0.3) is 0 Å². The Kier molecular flexibility index (Phi) is 35.1. The molecule has 0 heterocycles. The third-order valence-electron chi connectivity index (χ3n) is 8.43. The van der Waals surface area contributed by atoms with E-state index in [2.05, 4.69) is 36.2 Å². The fraction of sp³-hybridized carbons (Fsp3) is 0.919. The number of unbranched alkanes of at least 4 members (excludes halogenated alkanes) is 26. The summed E-state index contributed by atoms with van der Waals surface area (Å²) in [5, 5.41) is 2.68. The molecule has 0 fully saturated rings. The summed E-state index contributed by atoms with van der Waals surface area (Å²) in [4.78, 5) is 4.49. The summed E-state index contributed by atoms with van der Waals surface area (Å²) >= 11 is 4.93. The van der Waals surface area contributed by atoms with Crippen molar-refractivity contribution in [2.24, 2.45) is 4.99 Å². The number of hydrogen-bond acceptors (Lipinski definition) is 2. The molecule has 0 aliphatic carbocycles. The normalized spacial score (nSPS) is 12.3. The van der Waals surface area contributed by atoms with Crippen LogP contribution >= 0.6 is 12.2 Å². The Morgan fingerprint density at radius 2 is 0.718 bits per heavy atom. The van der Waals surface area contributed by atoms with E-state index < -0.39 is 0 Å². The average molecular weight is 562 g/mol. The molecular formula is C37H71NS. The van der Waals surface area contributed by atoms with Crippen molar-refractivity contribution in [2.45, 2.75) is 219 Å². The molecule has 0 aliphatic heterocycles. The zero-order valence-electron chi connectivity index (χ0n) is 27.0. The van der Waals surface area contributed by atoms with E-state index in [0.29, 0.717) is 6.04 Å². The molecule has 1 unspecified atom stereocenters. The maximum Gasteiger partial charge on any atom is 0.0602 e. The Morgan fingerprint density at radius 3 is 1.03 bits per heavy atom. The van der Waals surface area contributed by atoms with Gasteiger partial charge in [-0.1, -0.05) is 187 Å². The van der Waals surface area contributed by atoms with Crippen molar-refractivity contribution in [3.05, 3.63) is 12.2 Å². The molecule has 2 heteroatoms. The molecule has 0 spiro atoms. The van der Waals surface area contributed by atoms with Crippen LogP contribution in [0.2, 0.25) is 0 Å². The van der Waals surface area contributed by atoms with Crippen LogP contribution in [0.15, 0.2) is 17.1 Å². The van der Waals surface area contributed by atoms with E-state index in [1.54, 1.807) is 0 Å². The zero-order chi connectivity index (χ0) is 28.3. The molecule has 0 aromatic rings. The molecule has 0 N–H and O–H groups in total. The van der Waals surface area contributed by atoms with Crippen LogP contribution in [0.3, 0.4) is 0 Å². The van der Waals surface area contributed by atoms with Crippen molar-refractivity contribution in [3.8, 4) is 0 Å². The number of isothiocyanates is 1. The summed E-state index contributed by atoms with van der Waals surface area (Å²) < 4.78 is 0. The number of thiocarbonyl (C=S) groups is 1. The summed E-state index contributed by atoms with van der Waals surface area (Å²) in [6.45, 7) is 4.59. The quantitative estimate of drug-likeness (QED) is 0.0336. The minimum atomic E-state index is 0.432. The van der Waals surface area contributed by atoms with Crippen LogP contribution in [0.4, 0.5) is 0 Å². The highest BCUT2D eigenvalue weighted by Crippen LogP contribution is 2.18. The van der Waals surface area contributed by atoms with Gasteiger partial charge in [-0.25, -0.2) is 4.99 Å². The number of hydrogen-bond donors (Lipinski definition) is 0. The van der Waals surface area contributed by atoms with Gasteiger partial charge in [-0.3, -0.25) is 0 Å². The first-order valence-electron chi connectivity index (χ1n) is 18.1. The fourth-order valence-electron chi connectivity index (χ4n) is 5.73. The smallest absolute Gasteiger partial charge is 0.0602 e. The van der Waals surface area contributed by atoms with Crippen LogP contribution in [-0.2, 0) is 0 Å². The highest BCUT2D eigenvalue weighted by molar-refractivity contribution is 7.78. The minimum Gasteiger partial charge on any atom is -0.229 e. The van der Waals surface area contributed by atoms with Gasteiger partial charge in [-0.2, -0.15) is 0 Å². The lowest BCUT2D eigenvalue weighted by molar-refractivity contribution is 0.482. The third kappa shape index (κ3) is 33.6. The number of nitrogens with zero attached hydrogens (tertiary/aromatic N) is 1. The molecule has 0 saturated heterocycles. The van der Waals surface area contributed by atoms with Crippen LogP contribution < -0.4 is 0 Å². The maximum absolute atomic E-state index is 4.93. The number of aliphatic imine (C=N–C) groups is 1. The summed E-state index contributed by atoms with van der Waals surface area (Å²) in [7, 11) is 0. The Bertz CT molecular complexity index is 522. The molecule has 0 saturated carbocycles. The number of rotatable bonds is 33. The average Bonchev–Trinajstić information content (AvgIpc) is 2.94. The Labute approximate surface area is 252 Å². The number of allylic oxidation sites excluding steroid dienone is 2. The van der Waals surface area contributed by atoms with Crippen molar-refractivity contribution < 1.29 is 0 Å². The highest BCUT2D eigenvalue weighted by Gasteiger charge is 2.06. The molecule has 1 atom stereocenters. The van der Waals surface area contributed by atoms with Crippen molar-refractivity contribution in [1.82, 2.24) is 0 Å². The van der Waals surface area contributed by atoms with E-state index in [1.807, 2.05) is 0 Å². The Balaban J connectivity index is 3.42. The summed E-state index contributed by atoms with van der Waals surface area (Å²) in [6.07, 6.45) is 47.9. The fourth-order valence-corrected chi connectivity index (χ4v) is 5.88. The van der Waals surface area contributed by atoms with E-state index in [1.165, 1.54) is 199 Å². The van der Waals surface area contributed by atoms with Gasteiger partial charge in [0.05, 0.1) is 11.2 Å². The van der Waals surface area contributed by atoms with Gasteiger partial charge in [0.2, 0.25) is 0 Å². The van der Waals surface area contributed by atoms with E-state index in [-0.39, 0.29) is 0 Å². The van der Waals surface area contributed by atoms with Gasteiger partial charge >= 0.3 is 0 Å². The zero-order valence-corrected chi connectivity index (χ0v) is 27.8. The SMILES string of the molecule is CCCCCCCC/C=C\CCCCCCCCC(CCCCCCCCCCCCCCCCC)N=C=S. The van der Waals surface area contributed by atoms with Crippen molar-refractivity contribution in [3.63, 3.8) is 0 Å². The van der Waals surface area contributed by atoms with Crippen LogP contribution in [0.5, 0.6) is 0 Å². The molecule has 0 aliphatic rings. The van der Waals surface area contributed by atoms with Crippen molar-refractivity contribution >= 4 is 17.4 Å². The summed E-state index contributed by atoms with van der Waals surface area (Å²) in [6, 6.07) is 0.432. The molecule has 0 aromatic carbocycles. The van der Waals surface area contributed by atoms with E-state index in [4.69, 9.17) is 12.2 Å². The van der Waals surface area contributed by atoms with Crippen LogP contribution in [0, 0.1) is 0 Å². The molecule has 1 nitrogen and oxygen atoms in total. The molecule has 230 valence electrons. The highest BCUT2D eigenvalue weighted by atomic mass is 32.1. The second kappa shape index (κ2) is 35.6. The minimum absolute atomic E-state index is 0.432. The molecule has 39 heavy (non-hydrogen) atoms. The second-order valence-electron chi connectivity index (χ2n) is 12.3. The second-order valence-corrected chi connectivity index (χ2v) is 12.5. The Hall–Kier alpha value is -0.460. The molecular weight excluding hydrogens is 490 g/mol. The van der Waals surface area contributed by atoms with Gasteiger partial charge in [-0.05, 0) is 50.7 Å². The van der Waals surface area contributed by atoms with Gasteiger partial charge in [0.25, 0.3) is 0 Å². The summed E-state index contributed by atoms with van der Waals surface area (Å²) in [5.41, 5.74) is 0. The van der Waals surface area contributed by atoms with Gasteiger partial charge in [0.1, 0.15) is 0 Å². The lowest BCUT2D eigenvalue weighted by Gasteiger charge is -2.11. The van der Waals surface area contributed by atoms with Crippen molar-refractivity contribution in [1.29, 1.82) is 0 Å². The largest absolute Gasteiger partial charge is 0.229 e. The lowest BCUT2D eigenvalue weighted by atomic mass is 10.00. The van der Waals surface area contributed by atoms with Crippen molar-refractivity contribution in [2.75, 3.05) is 0 Å². The molecule has 0 amide bonds. The van der Waals surface area contributed by atoms with Crippen LogP contribution in [0.1, 0.15) is 213 Å². The topological polar surface area (TPSA) is 12.4 Å². The van der Waals surface area contributed by atoms with E-state index in [0.717, 1.165) is 0 Å². The third-order valence-corrected chi connectivity index (χ3v) is 8.53. The Morgan fingerprint density at radius 1 is 0.436 bits per heavy atom. The standard InChI is InChI=1S/C37H71NS/c1-3-5-7-9-11-13-15-17-19-21-23-25-27-29-31-33-35-37(38-36-39)34-32-30-28-26-24-22-20-18-16-14-12-10-8-6-4-2/h17,19,37H,3-16,18,20-35H2,1-2H3/b19-17-. The first-order valence-corrected chi connectivity index (χ1v) is 18.5. The first kappa shape index (κ1) is 38.5. The van der Waals surface area contributed by atoms with Gasteiger partial charge in [-0.15, -0.1) is 0 Å². The van der Waals surface area contributed by atoms with Gasteiger partial charge in [0.15, 0.2) is 0 Å². The lowest BCUT2D eigenvalue weighted by Crippen LogP contribution is -2.04. The summed E-state index contributed by atoms with van der Waals surface area (Å²) in [5.74, 6) is 0. The molecule has 0 radical (unpaired) electrons. The molecule has 0 aromatic heterocycles. The first-order chi connectivity index (χ1) is 19.3. The van der Waals surface area contributed by atoms with Gasteiger partial charge in [0, 0.05) is 0 Å². The predicted molar refractivity (Wildman–Crippen MR) is 182 cm³/mol. The molecule has 0 bridgehead atoms.